The predicted octanol–water partition coefficient (Wildman–Crippen LogP) is 3.40. The van der Waals surface area contributed by atoms with Crippen LogP contribution in [-0.2, 0) is 0 Å². The molecule has 0 aliphatic heterocycles. The molecule has 0 radical (unpaired) electrons. The van der Waals surface area contributed by atoms with Gasteiger partial charge < -0.3 is 5.11 Å². The molecule has 17 heavy (non-hydrogen) atoms. The molecule has 3 heteroatoms. The Labute approximate surface area is 98.3 Å². The Morgan fingerprint density at radius 1 is 1.18 bits per heavy atom. The Balaban J connectivity index is 2.56. The van der Waals surface area contributed by atoms with Crippen molar-refractivity contribution in [1.82, 2.24) is 0 Å². The number of Topliss-reactive ketones (excluding diaryl/α,β-unsaturated/α-hetero) is 1. The molecule has 0 aliphatic rings. The summed E-state index contributed by atoms with van der Waals surface area (Å²) >= 11 is 0. The summed E-state index contributed by atoms with van der Waals surface area (Å²) < 4.78 is 13.1. The highest BCUT2D eigenvalue weighted by atomic mass is 19.1. The standard InChI is InChI=1S/C14H11FO2/c1-9(16)10-3-2-4-11(7-10)13-8-12(15)5-6-14(13)17/h2-8,17H,1H3. The van der Waals surface area contributed by atoms with Gasteiger partial charge in [-0.05, 0) is 36.8 Å². The molecule has 2 aromatic rings. The van der Waals surface area contributed by atoms with E-state index in [1.807, 2.05) is 0 Å². The van der Waals surface area contributed by atoms with Crippen LogP contribution in [0.15, 0.2) is 42.5 Å². The van der Waals surface area contributed by atoms with Crippen LogP contribution in [-0.4, -0.2) is 10.9 Å². The molecule has 0 spiro atoms. The summed E-state index contributed by atoms with van der Waals surface area (Å²) in [5, 5.41) is 9.67. The van der Waals surface area contributed by atoms with Crippen molar-refractivity contribution in [3.63, 3.8) is 0 Å². The zero-order valence-electron chi connectivity index (χ0n) is 9.27. The smallest absolute Gasteiger partial charge is 0.159 e. The van der Waals surface area contributed by atoms with Crippen LogP contribution in [0.3, 0.4) is 0 Å². The number of ketones is 1. The van der Waals surface area contributed by atoms with Gasteiger partial charge in [-0.3, -0.25) is 4.79 Å². The maximum Gasteiger partial charge on any atom is 0.159 e. The summed E-state index contributed by atoms with van der Waals surface area (Å²) in [6.07, 6.45) is 0. The highest BCUT2D eigenvalue weighted by molar-refractivity contribution is 5.95. The Morgan fingerprint density at radius 2 is 1.94 bits per heavy atom. The average Bonchev–Trinajstić information content (AvgIpc) is 2.32. The van der Waals surface area contributed by atoms with Gasteiger partial charge in [0.05, 0.1) is 0 Å². The van der Waals surface area contributed by atoms with Crippen molar-refractivity contribution in [3.8, 4) is 16.9 Å². The highest BCUT2D eigenvalue weighted by Gasteiger charge is 2.07. The quantitative estimate of drug-likeness (QED) is 0.803. The molecule has 2 nitrogen and oxygen atoms in total. The van der Waals surface area contributed by atoms with Gasteiger partial charge in [0.15, 0.2) is 5.78 Å². The first-order valence-corrected chi connectivity index (χ1v) is 5.18. The van der Waals surface area contributed by atoms with Gasteiger partial charge in [0.1, 0.15) is 11.6 Å². The van der Waals surface area contributed by atoms with Crippen molar-refractivity contribution < 1.29 is 14.3 Å². The third kappa shape index (κ3) is 2.33. The lowest BCUT2D eigenvalue weighted by Crippen LogP contribution is -1.92. The van der Waals surface area contributed by atoms with Gasteiger partial charge in [-0.1, -0.05) is 18.2 Å². The Morgan fingerprint density at radius 3 is 2.65 bits per heavy atom. The zero-order valence-corrected chi connectivity index (χ0v) is 9.27. The summed E-state index contributed by atoms with van der Waals surface area (Å²) in [4.78, 5) is 11.2. The molecule has 1 N–H and O–H groups in total. The molecule has 2 aromatic carbocycles. The van der Waals surface area contributed by atoms with Gasteiger partial charge in [0.25, 0.3) is 0 Å². The second-order valence-corrected chi connectivity index (χ2v) is 3.80. The van der Waals surface area contributed by atoms with E-state index in [4.69, 9.17) is 0 Å². The number of carbonyl (C=O) groups excluding carboxylic acids is 1. The predicted molar refractivity (Wildman–Crippen MR) is 63.5 cm³/mol. The molecule has 0 amide bonds. The normalized spacial score (nSPS) is 10.2. The average molecular weight is 230 g/mol. The summed E-state index contributed by atoms with van der Waals surface area (Å²) in [7, 11) is 0. The minimum absolute atomic E-state index is 0.00731. The molecular formula is C14H11FO2. The van der Waals surface area contributed by atoms with Gasteiger partial charge in [-0.15, -0.1) is 0 Å². The van der Waals surface area contributed by atoms with Crippen LogP contribution < -0.4 is 0 Å². The fraction of sp³-hybridized carbons (Fsp3) is 0.0714. The van der Waals surface area contributed by atoms with Crippen molar-refractivity contribution in [2.24, 2.45) is 0 Å². The maximum absolute atomic E-state index is 13.1. The van der Waals surface area contributed by atoms with Crippen LogP contribution in [0.4, 0.5) is 4.39 Å². The summed E-state index contributed by atoms with van der Waals surface area (Å²) in [6, 6.07) is 10.5. The molecule has 0 heterocycles. The van der Waals surface area contributed by atoms with Gasteiger partial charge in [0, 0.05) is 11.1 Å². The zero-order chi connectivity index (χ0) is 12.4. The van der Waals surface area contributed by atoms with E-state index in [9.17, 15) is 14.3 Å². The van der Waals surface area contributed by atoms with Gasteiger partial charge >= 0.3 is 0 Å². The van der Waals surface area contributed by atoms with Crippen LogP contribution >= 0.6 is 0 Å². The molecular weight excluding hydrogens is 219 g/mol. The van der Waals surface area contributed by atoms with Crippen LogP contribution in [0, 0.1) is 5.82 Å². The van der Waals surface area contributed by atoms with Crippen molar-refractivity contribution in [2.75, 3.05) is 0 Å². The van der Waals surface area contributed by atoms with Gasteiger partial charge in [0.2, 0.25) is 0 Å². The molecule has 0 atom stereocenters. The second-order valence-electron chi connectivity index (χ2n) is 3.80. The van der Waals surface area contributed by atoms with E-state index in [1.165, 1.54) is 25.1 Å². The number of benzene rings is 2. The lowest BCUT2D eigenvalue weighted by atomic mass is 10.0. The van der Waals surface area contributed by atoms with Crippen molar-refractivity contribution in [3.05, 3.63) is 53.8 Å². The summed E-state index contributed by atoms with van der Waals surface area (Å²) in [5.41, 5.74) is 1.54. The van der Waals surface area contributed by atoms with Gasteiger partial charge in [-0.2, -0.15) is 0 Å². The SMILES string of the molecule is CC(=O)c1cccc(-c2cc(F)ccc2O)c1. The van der Waals surface area contributed by atoms with E-state index >= 15 is 0 Å². The number of carbonyl (C=O) groups is 1. The third-order valence-corrected chi connectivity index (χ3v) is 2.54. The number of hydrogen-bond acceptors (Lipinski definition) is 2. The molecule has 0 fully saturated rings. The molecule has 86 valence electrons. The minimum atomic E-state index is -0.425. The van der Waals surface area contributed by atoms with Crippen molar-refractivity contribution >= 4 is 5.78 Å². The topological polar surface area (TPSA) is 37.3 Å². The first-order valence-electron chi connectivity index (χ1n) is 5.18. The van der Waals surface area contributed by atoms with E-state index in [2.05, 4.69) is 0 Å². The van der Waals surface area contributed by atoms with E-state index in [0.29, 0.717) is 16.7 Å². The first-order chi connectivity index (χ1) is 8.08. The van der Waals surface area contributed by atoms with Crippen LogP contribution in [0.25, 0.3) is 11.1 Å². The van der Waals surface area contributed by atoms with Crippen LogP contribution in [0.2, 0.25) is 0 Å². The lowest BCUT2D eigenvalue weighted by molar-refractivity contribution is 0.101. The fourth-order valence-electron chi connectivity index (χ4n) is 1.65. The number of halogens is 1. The Bertz CT molecular complexity index is 576. The van der Waals surface area contributed by atoms with E-state index in [0.717, 1.165) is 0 Å². The molecule has 0 unspecified atom stereocenters. The molecule has 0 saturated heterocycles. The largest absolute Gasteiger partial charge is 0.507 e. The fourth-order valence-corrected chi connectivity index (χ4v) is 1.65. The number of phenols is 1. The minimum Gasteiger partial charge on any atom is -0.507 e. The maximum atomic E-state index is 13.1. The van der Waals surface area contributed by atoms with Crippen LogP contribution in [0.5, 0.6) is 5.75 Å². The molecule has 2 rings (SSSR count). The molecule has 0 saturated carbocycles. The summed E-state index contributed by atoms with van der Waals surface area (Å²) in [5.74, 6) is -0.499. The first kappa shape index (κ1) is 11.3. The lowest BCUT2D eigenvalue weighted by Gasteiger charge is -2.06. The molecule has 0 bridgehead atoms. The van der Waals surface area contributed by atoms with Crippen molar-refractivity contribution in [2.45, 2.75) is 6.92 Å². The Kier molecular flexibility index (Phi) is 2.91. The number of phenolic OH excluding ortho intramolecular Hbond substituents is 1. The molecule has 0 aliphatic carbocycles. The van der Waals surface area contributed by atoms with E-state index in [1.54, 1.807) is 24.3 Å². The highest BCUT2D eigenvalue weighted by Crippen LogP contribution is 2.30. The van der Waals surface area contributed by atoms with Crippen LogP contribution in [0.1, 0.15) is 17.3 Å². The van der Waals surface area contributed by atoms with E-state index in [-0.39, 0.29) is 11.5 Å². The second kappa shape index (κ2) is 4.37. The third-order valence-electron chi connectivity index (χ3n) is 2.54. The Hall–Kier alpha value is -2.16. The molecule has 0 aromatic heterocycles. The number of rotatable bonds is 2. The van der Waals surface area contributed by atoms with E-state index < -0.39 is 5.82 Å². The monoisotopic (exact) mass is 230 g/mol. The number of hydrogen-bond donors (Lipinski definition) is 1. The van der Waals surface area contributed by atoms with Crippen molar-refractivity contribution in [1.29, 1.82) is 0 Å². The number of aromatic hydroxyl groups is 1. The van der Waals surface area contributed by atoms with Gasteiger partial charge in [-0.25, -0.2) is 4.39 Å². The summed E-state index contributed by atoms with van der Waals surface area (Å²) in [6.45, 7) is 1.46.